The molecule has 0 bridgehead atoms. The molecule has 96 valence electrons. The van der Waals surface area contributed by atoms with Crippen molar-refractivity contribution in [1.82, 2.24) is 10.2 Å². The third-order valence-corrected chi connectivity index (χ3v) is 2.64. The molecule has 0 aliphatic heterocycles. The van der Waals surface area contributed by atoms with E-state index in [0.717, 1.165) is 18.4 Å². The van der Waals surface area contributed by atoms with Gasteiger partial charge >= 0.3 is 6.01 Å². The first kappa shape index (κ1) is 12.5. The van der Waals surface area contributed by atoms with Gasteiger partial charge in [-0.2, -0.15) is 0 Å². The van der Waals surface area contributed by atoms with Crippen molar-refractivity contribution in [2.75, 3.05) is 5.32 Å². The minimum absolute atomic E-state index is 0.0134. The number of anilines is 1. The van der Waals surface area contributed by atoms with Crippen LogP contribution in [-0.4, -0.2) is 10.2 Å². The lowest BCUT2D eigenvalue weighted by molar-refractivity contribution is 0.497. The molecule has 18 heavy (non-hydrogen) atoms. The maximum Gasteiger partial charge on any atom is 0.315 e. The van der Waals surface area contributed by atoms with Crippen LogP contribution in [0, 0.1) is 5.82 Å². The highest BCUT2D eigenvalue weighted by Crippen LogP contribution is 2.18. The molecule has 0 fully saturated rings. The molecule has 0 aliphatic rings. The molecule has 1 N–H and O–H groups in total. The molecule has 1 aromatic carbocycles. The molecule has 1 heterocycles. The Bertz CT molecular complexity index is 495. The van der Waals surface area contributed by atoms with Crippen LogP contribution in [0.3, 0.4) is 0 Å². The van der Waals surface area contributed by atoms with Crippen molar-refractivity contribution in [2.45, 2.75) is 32.7 Å². The van der Waals surface area contributed by atoms with E-state index in [9.17, 15) is 4.39 Å². The monoisotopic (exact) mass is 249 g/mol. The van der Waals surface area contributed by atoms with Crippen LogP contribution in [0.2, 0.25) is 0 Å². The van der Waals surface area contributed by atoms with Gasteiger partial charge in [-0.25, -0.2) is 4.39 Å². The first-order chi connectivity index (χ1) is 8.69. The van der Waals surface area contributed by atoms with Gasteiger partial charge in [0, 0.05) is 6.42 Å². The Kier molecular flexibility index (Phi) is 3.92. The maximum absolute atomic E-state index is 12.8. The molecule has 5 heteroatoms. The minimum atomic E-state index is -0.242. The summed E-state index contributed by atoms with van der Waals surface area (Å²) in [6.45, 7) is 4.01. The summed E-state index contributed by atoms with van der Waals surface area (Å²) in [6, 6.07) is 6.72. The van der Waals surface area contributed by atoms with E-state index < -0.39 is 0 Å². The number of aromatic nitrogens is 2. The predicted octanol–water partition coefficient (Wildman–Crippen LogP) is 3.33. The number of nitrogens with one attached hydrogen (secondary N) is 1. The molecule has 1 aromatic heterocycles. The molecular weight excluding hydrogens is 233 g/mol. The van der Waals surface area contributed by atoms with Crippen LogP contribution in [0.25, 0.3) is 0 Å². The summed E-state index contributed by atoms with van der Waals surface area (Å²) in [5, 5.41) is 10.9. The Morgan fingerprint density at radius 1 is 1.28 bits per heavy atom. The van der Waals surface area contributed by atoms with E-state index in [4.69, 9.17) is 4.42 Å². The summed E-state index contributed by atoms with van der Waals surface area (Å²) in [5.74, 6) is 0.389. The van der Waals surface area contributed by atoms with Crippen molar-refractivity contribution < 1.29 is 8.81 Å². The highest BCUT2D eigenvalue weighted by molar-refractivity contribution is 5.28. The van der Waals surface area contributed by atoms with Crippen LogP contribution >= 0.6 is 0 Å². The largest absolute Gasteiger partial charge is 0.408 e. The van der Waals surface area contributed by atoms with Gasteiger partial charge in [0.15, 0.2) is 0 Å². The van der Waals surface area contributed by atoms with E-state index in [-0.39, 0.29) is 11.9 Å². The van der Waals surface area contributed by atoms with E-state index >= 15 is 0 Å². The van der Waals surface area contributed by atoms with Crippen LogP contribution in [-0.2, 0) is 6.42 Å². The first-order valence-electron chi connectivity index (χ1n) is 6.03. The Morgan fingerprint density at radius 2 is 2.00 bits per heavy atom. The number of hydrogen-bond acceptors (Lipinski definition) is 4. The van der Waals surface area contributed by atoms with E-state index in [1.165, 1.54) is 12.1 Å². The topological polar surface area (TPSA) is 51.0 Å². The molecular formula is C13H16FN3O. The third-order valence-electron chi connectivity index (χ3n) is 2.64. The lowest BCUT2D eigenvalue weighted by Gasteiger charge is -2.11. The smallest absolute Gasteiger partial charge is 0.315 e. The number of benzene rings is 1. The minimum Gasteiger partial charge on any atom is -0.408 e. The lowest BCUT2D eigenvalue weighted by atomic mass is 10.1. The zero-order valence-corrected chi connectivity index (χ0v) is 10.5. The summed E-state index contributed by atoms with van der Waals surface area (Å²) in [4.78, 5) is 0. The second-order valence-corrected chi connectivity index (χ2v) is 4.17. The highest BCUT2D eigenvalue weighted by Gasteiger charge is 2.10. The second kappa shape index (κ2) is 5.62. The van der Waals surface area contributed by atoms with Gasteiger partial charge in [-0.15, -0.1) is 5.10 Å². The van der Waals surface area contributed by atoms with Crippen molar-refractivity contribution in [3.63, 3.8) is 0 Å². The number of rotatable bonds is 5. The number of hydrogen-bond donors (Lipinski definition) is 1. The molecule has 2 aromatic rings. The molecule has 0 saturated carbocycles. The fourth-order valence-electron chi connectivity index (χ4n) is 1.65. The number of aryl methyl sites for hydroxylation is 1. The molecule has 0 aliphatic carbocycles. The molecule has 1 atom stereocenters. The normalized spacial score (nSPS) is 12.4. The summed E-state index contributed by atoms with van der Waals surface area (Å²) < 4.78 is 18.2. The number of halogens is 1. The molecule has 0 saturated heterocycles. The summed E-state index contributed by atoms with van der Waals surface area (Å²) in [5.41, 5.74) is 0.964. The van der Waals surface area contributed by atoms with Crippen molar-refractivity contribution in [3.8, 4) is 0 Å². The average Bonchev–Trinajstić information content (AvgIpc) is 2.78. The second-order valence-electron chi connectivity index (χ2n) is 4.17. The lowest BCUT2D eigenvalue weighted by Crippen LogP contribution is -2.06. The molecule has 0 spiro atoms. The fraction of sp³-hybridized carbons (Fsp3) is 0.385. The maximum atomic E-state index is 12.8. The van der Waals surface area contributed by atoms with Crippen LogP contribution in [0.15, 0.2) is 28.7 Å². The Morgan fingerprint density at radius 3 is 2.67 bits per heavy atom. The Hall–Kier alpha value is -1.91. The van der Waals surface area contributed by atoms with E-state index in [2.05, 4.69) is 22.4 Å². The van der Waals surface area contributed by atoms with Gasteiger partial charge in [0.1, 0.15) is 5.82 Å². The van der Waals surface area contributed by atoms with Gasteiger partial charge in [0.2, 0.25) is 5.89 Å². The summed E-state index contributed by atoms with van der Waals surface area (Å²) >= 11 is 0. The average molecular weight is 249 g/mol. The van der Waals surface area contributed by atoms with E-state index in [0.29, 0.717) is 11.9 Å². The van der Waals surface area contributed by atoms with Crippen LogP contribution in [0.4, 0.5) is 10.4 Å². The molecule has 4 nitrogen and oxygen atoms in total. The zero-order chi connectivity index (χ0) is 13.0. The quantitative estimate of drug-likeness (QED) is 0.883. The Labute approximate surface area is 105 Å². The van der Waals surface area contributed by atoms with Crippen molar-refractivity contribution in [3.05, 3.63) is 41.5 Å². The van der Waals surface area contributed by atoms with Gasteiger partial charge in [-0.1, -0.05) is 24.2 Å². The highest BCUT2D eigenvalue weighted by atomic mass is 19.1. The summed E-state index contributed by atoms with van der Waals surface area (Å²) in [6.07, 6.45) is 1.74. The molecule has 0 amide bonds. The molecule has 1 unspecified atom stereocenters. The fourth-order valence-corrected chi connectivity index (χ4v) is 1.65. The predicted molar refractivity (Wildman–Crippen MR) is 66.7 cm³/mol. The zero-order valence-electron chi connectivity index (χ0n) is 10.5. The van der Waals surface area contributed by atoms with Gasteiger partial charge in [-0.3, -0.25) is 0 Å². The standard InChI is InChI=1S/C13H16FN3O/c1-3-4-12-16-17-13(18-12)15-9(2)10-5-7-11(14)8-6-10/h5-9H,3-4H2,1-2H3,(H,15,17). The van der Waals surface area contributed by atoms with E-state index in [1.54, 1.807) is 12.1 Å². The summed E-state index contributed by atoms with van der Waals surface area (Å²) in [7, 11) is 0. The number of nitrogens with zero attached hydrogens (tertiary/aromatic N) is 2. The van der Waals surface area contributed by atoms with Gasteiger partial charge < -0.3 is 9.73 Å². The van der Waals surface area contributed by atoms with Gasteiger partial charge in [0.05, 0.1) is 6.04 Å². The molecule has 0 radical (unpaired) electrons. The van der Waals surface area contributed by atoms with Gasteiger partial charge in [-0.05, 0) is 31.0 Å². The SMILES string of the molecule is CCCc1nnc(NC(C)c2ccc(F)cc2)o1. The van der Waals surface area contributed by atoms with Crippen LogP contribution < -0.4 is 5.32 Å². The van der Waals surface area contributed by atoms with Crippen molar-refractivity contribution in [2.24, 2.45) is 0 Å². The van der Waals surface area contributed by atoms with Crippen molar-refractivity contribution >= 4 is 6.01 Å². The van der Waals surface area contributed by atoms with Gasteiger partial charge in [0.25, 0.3) is 0 Å². The van der Waals surface area contributed by atoms with Crippen LogP contribution in [0.1, 0.15) is 37.8 Å². The first-order valence-corrected chi connectivity index (χ1v) is 6.03. The van der Waals surface area contributed by atoms with Crippen molar-refractivity contribution in [1.29, 1.82) is 0 Å². The molecule has 2 rings (SSSR count). The Balaban J connectivity index is 2.01. The third kappa shape index (κ3) is 3.06. The van der Waals surface area contributed by atoms with Crippen LogP contribution in [0.5, 0.6) is 0 Å². The van der Waals surface area contributed by atoms with E-state index in [1.807, 2.05) is 6.92 Å².